The molecule has 4 amide bonds. The highest BCUT2D eigenvalue weighted by atomic mass is 16.2. The average Bonchev–Trinajstić information content (AvgIpc) is 3.36. The quantitative estimate of drug-likeness (QED) is 0.255. The molecule has 0 unspecified atom stereocenters. The van der Waals surface area contributed by atoms with Crippen molar-refractivity contribution >= 4 is 46.6 Å². The van der Waals surface area contributed by atoms with Crippen molar-refractivity contribution in [3.05, 3.63) is 118 Å². The van der Waals surface area contributed by atoms with Crippen LogP contribution in [0.4, 0.5) is 11.4 Å². The lowest BCUT2D eigenvalue weighted by Crippen LogP contribution is -2.29. The van der Waals surface area contributed by atoms with E-state index in [2.05, 4.69) is 0 Å². The van der Waals surface area contributed by atoms with Crippen molar-refractivity contribution in [2.24, 2.45) is 0 Å². The lowest BCUT2D eigenvalue weighted by atomic mass is 9.97. The number of carbonyl (C=O) groups is 6. The van der Waals surface area contributed by atoms with Gasteiger partial charge in [-0.15, -0.1) is 0 Å². The zero-order valence-corrected chi connectivity index (χ0v) is 21.4. The first kappa shape index (κ1) is 24.8. The molecule has 0 atom stereocenters. The fourth-order valence-corrected chi connectivity index (χ4v) is 5.00. The van der Waals surface area contributed by atoms with Crippen molar-refractivity contribution in [1.82, 2.24) is 0 Å². The summed E-state index contributed by atoms with van der Waals surface area (Å²) in [4.78, 5) is 78.0. The molecule has 6 rings (SSSR count). The third kappa shape index (κ3) is 3.77. The molecule has 8 heteroatoms. The first-order valence-electron chi connectivity index (χ1n) is 12.4. The molecule has 0 spiro atoms. The number of imide groups is 2. The summed E-state index contributed by atoms with van der Waals surface area (Å²) in [6.07, 6.45) is 0. The van der Waals surface area contributed by atoms with Gasteiger partial charge in [0.05, 0.1) is 33.6 Å². The molecule has 0 aliphatic carbocycles. The monoisotopic (exact) mass is 528 g/mol. The van der Waals surface area contributed by atoms with Crippen LogP contribution in [0, 0.1) is 0 Å². The van der Waals surface area contributed by atoms with Crippen molar-refractivity contribution in [3.63, 3.8) is 0 Å². The Balaban J connectivity index is 1.31. The summed E-state index contributed by atoms with van der Waals surface area (Å²) >= 11 is 0. The number of benzene rings is 4. The van der Waals surface area contributed by atoms with Crippen molar-refractivity contribution < 1.29 is 28.8 Å². The summed E-state index contributed by atoms with van der Waals surface area (Å²) in [6.45, 7) is 2.87. The molecule has 0 bridgehead atoms. The lowest BCUT2D eigenvalue weighted by molar-refractivity contribution is 0.0910. The normalized spacial score (nSPS) is 14.1. The second kappa shape index (κ2) is 9.06. The SMILES string of the molecule is CC(=O)c1ccc(N2C(=O)c3ccc(-c4ccc5c(c4)C(=O)N(c4ccc(C(C)=O)cc4)C5=O)cc3C2=O)cc1. The smallest absolute Gasteiger partial charge is 0.266 e. The van der Waals surface area contributed by atoms with Gasteiger partial charge in [-0.3, -0.25) is 28.8 Å². The maximum absolute atomic E-state index is 13.3. The molecular formula is C32H20N2O6. The van der Waals surface area contributed by atoms with Crippen LogP contribution >= 0.6 is 0 Å². The molecular weight excluding hydrogens is 508 g/mol. The van der Waals surface area contributed by atoms with Crippen LogP contribution in [0.3, 0.4) is 0 Å². The molecule has 0 saturated carbocycles. The first-order chi connectivity index (χ1) is 19.2. The van der Waals surface area contributed by atoms with Gasteiger partial charge in [0.1, 0.15) is 0 Å². The fraction of sp³-hybridized carbons (Fsp3) is 0.0625. The lowest BCUT2D eigenvalue weighted by Gasteiger charge is -2.14. The predicted molar refractivity (Wildman–Crippen MR) is 147 cm³/mol. The number of hydrogen-bond donors (Lipinski definition) is 0. The Hall–Kier alpha value is -5.50. The van der Waals surface area contributed by atoms with E-state index in [1.54, 1.807) is 84.9 Å². The van der Waals surface area contributed by atoms with E-state index in [1.165, 1.54) is 13.8 Å². The Bertz CT molecular complexity index is 1680. The molecule has 0 fully saturated rings. The third-order valence-electron chi connectivity index (χ3n) is 7.17. The topological polar surface area (TPSA) is 109 Å². The van der Waals surface area contributed by atoms with Gasteiger partial charge in [-0.2, -0.15) is 0 Å². The molecule has 2 heterocycles. The molecule has 0 N–H and O–H groups in total. The van der Waals surface area contributed by atoms with Gasteiger partial charge in [-0.05, 0) is 97.8 Å². The van der Waals surface area contributed by atoms with E-state index >= 15 is 0 Å². The standard InChI is InChI=1S/C32H20N2O6/c1-17(35)19-3-9-23(10-4-19)33-29(37)25-13-7-21(15-27(25)31(33)39)22-8-14-26-28(16-22)32(40)34(30(26)38)24-11-5-20(6-12-24)18(2)36/h3-16H,1-2H3. The molecule has 0 aromatic heterocycles. The average molecular weight is 529 g/mol. The molecule has 0 saturated heterocycles. The van der Waals surface area contributed by atoms with Gasteiger partial charge >= 0.3 is 0 Å². The molecule has 0 radical (unpaired) electrons. The number of Topliss-reactive ketones (excluding diaryl/α,β-unsaturated/α-hetero) is 2. The molecule has 40 heavy (non-hydrogen) atoms. The molecule has 194 valence electrons. The van der Waals surface area contributed by atoms with Gasteiger partial charge < -0.3 is 0 Å². The van der Waals surface area contributed by atoms with Gasteiger partial charge in [0.25, 0.3) is 23.6 Å². The van der Waals surface area contributed by atoms with Crippen molar-refractivity contribution in [1.29, 1.82) is 0 Å². The third-order valence-corrected chi connectivity index (χ3v) is 7.17. The van der Waals surface area contributed by atoms with Crippen LogP contribution in [-0.2, 0) is 0 Å². The van der Waals surface area contributed by atoms with Crippen molar-refractivity contribution in [3.8, 4) is 11.1 Å². The Kier molecular flexibility index (Phi) is 5.62. The minimum Gasteiger partial charge on any atom is -0.295 e. The Morgan fingerprint density at radius 3 is 1.10 bits per heavy atom. The summed E-state index contributed by atoms with van der Waals surface area (Å²) < 4.78 is 0. The van der Waals surface area contributed by atoms with Crippen LogP contribution in [0.25, 0.3) is 11.1 Å². The second-order valence-electron chi connectivity index (χ2n) is 9.62. The van der Waals surface area contributed by atoms with Crippen LogP contribution in [0.2, 0.25) is 0 Å². The van der Waals surface area contributed by atoms with E-state index < -0.39 is 23.6 Å². The van der Waals surface area contributed by atoms with Gasteiger partial charge in [-0.1, -0.05) is 12.1 Å². The number of hydrogen-bond acceptors (Lipinski definition) is 6. The highest BCUT2D eigenvalue weighted by molar-refractivity contribution is 6.35. The Labute approximate surface area is 228 Å². The first-order valence-corrected chi connectivity index (χ1v) is 12.4. The fourth-order valence-electron chi connectivity index (χ4n) is 5.00. The maximum Gasteiger partial charge on any atom is 0.266 e. The van der Waals surface area contributed by atoms with Gasteiger partial charge in [0.2, 0.25) is 0 Å². The molecule has 2 aliphatic heterocycles. The van der Waals surface area contributed by atoms with E-state index in [4.69, 9.17) is 0 Å². The van der Waals surface area contributed by atoms with Gasteiger partial charge in [0.15, 0.2) is 11.6 Å². The summed E-state index contributed by atoms with van der Waals surface area (Å²) in [7, 11) is 0. The summed E-state index contributed by atoms with van der Waals surface area (Å²) in [5, 5.41) is 0. The van der Waals surface area contributed by atoms with E-state index in [-0.39, 0.29) is 33.8 Å². The largest absolute Gasteiger partial charge is 0.295 e. The Morgan fingerprint density at radius 1 is 0.450 bits per heavy atom. The van der Waals surface area contributed by atoms with Crippen LogP contribution in [0.5, 0.6) is 0 Å². The number of amides is 4. The van der Waals surface area contributed by atoms with Gasteiger partial charge in [-0.25, -0.2) is 9.80 Å². The van der Waals surface area contributed by atoms with Crippen LogP contribution < -0.4 is 9.80 Å². The molecule has 4 aromatic carbocycles. The number of nitrogens with zero attached hydrogens (tertiary/aromatic N) is 2. The highest BCUT2D eigenvalue weighted by Gasteiger charge is 2.38. The van der Waals surface area contributed by atoms with Crippen molar-refractivity contribution in [2.75, 3.05) is 9.80 Å². The van der Waals surface area contributed by atoms with Gasteiger partial charge in [0, 0.05) is 11.1 Å². The summed E-state index contributed by atoms with van der Waals surface area (Å²) in [5.41, 5.74) is 3.78. The van der Waals surface area contributed by atoms with Crippen molar-refractivity contribution in [2.45, 2.75) is 13.8 Å². The van der Waals surface area contributed by atoms with E-state index in [1.807, 2.05) is 0 Å². The second-order valence-corrected chi connectivity index (χ2v) is 9.62. The number of ketones is 2. The zero-order valence-electron chi connectivity index (χ0n) is 21.4. The van der Waals surface area contributed by atoms with E-state index in [0.29, 0.717) is 33.6 Å². The minimum absolute atomic E-state index is 0.123. The number of rotatable bonds is 5. The molecule has 4 aromatic rings. The highest BCUT2D eigenvalue weighted by Crippen LogP contribution is 2.35. The van der Waals surface area contributed by atoms with Crippen LogP contribution in [0.15, 0.2) is 84.9 Å². The molecule has 8 nitrogen and oxygen atoms in total. The predicted octanol–water partition coefficient (Wildman–Crippen LogP) is 5.36. The Morgan fingerprint density at radius 2 is 0.775 bits per heavy atom. The minimum atomic E-state index is -0.495. The van der Waals surface area contributed by atoms with E-state index in [9.17, 15) is 28.8 Å². The van der Waals surface area contributed by atoms with E-state index in [0.717, 1.165) is 9.80 Å². The number of carbonyl (C=O) groups excluding carboxylic acids is 6. The maximum atomic E-state index is 13.3. The molecule has 2 aliphatic rings. The zero-order chi connectivity index (χ0) is 28.3. The summed E-state index contributed by atoms with van der Waals surface area (Å²) in [5.74, 6) is -2.18. The number of anilines is 2. The summed E-state index contributed by atoms with van der Waals surface area (Å²) in [6, 6.07) is 22.2. The van der Waals surface area contributed by atoms with Crippen LogP contribution in [-0.4, -0.2) is 35.2 Å². The van der Waals surface area contributed by atoms with Crippen LogP contribution in [0.1, 0.15) is 76.0 Å². The number of fused-ring (bicyclic) bond motifs is 2.